The summed E-state index contributed by atoms with van der Waals surface area (Å²) in [7, 11) is 0. The molecule has 2 saturated heterocycles. The maximum Gasteiger partial charge on any atom is 0.415 e. The topological polar surface area (TPSA) is 133 Å². The van der Waals surface area contributed by atoms with Crippen molar-refractivity contribution < 1.29 is 28.6 Å². The number of pyridine rings is 2. The second-order valence-corrected chi connectivity index (χ2v) is 16.4. The highest BCUT2D eigenvalue weighted by Crippen LogP contribution is 2.40. The van der Waals surface area contributed by atoms with Crippen LogP contribution in [0.15, 0.2) is 73.1 Å². The maximum absolute atomic E-state index is 13.3. The molecule has 0 atom stereocenters. The summed E-state index contributed by atoms with van der Waals surface area (Å²) < 4.78 is 17.0. The Kier molecular flexibility index (Phi) is 11.1. The molecular formula is C44H52N8O6. The van der Waals surface area contributed by atoms with Crippen LogP contribution in [-0.4, -0.2) is 113 Å². The molecule has 0 radical (unpaired) electrons. The third kappa shape index (κ3) is 8.81. The molecule has 1 N–H and O–H groups in total. The molecule has 14 nitrogen and oxygen atoms in total. The highest BCUT2D eigenvalue weighted by Gasteiger charge is 2.38. The quantitative estimate of drug-likeness (QED) is 0.228. The van der Waals surface area contributed by atoms with Crippen molar-refractivity contribution in [3.05, 3.63) is 101 Å². The zero-order valence-electron chi connectivity index (χ0n) is 33.8. The van der Waals surface area contributed by atoms with Crippen LogP contribution in [0.2, 0.25) is 0 Å². The molecule has 14 heteroatoms. The van der Waals surface area contributed by atoms with E-state index in [2.05, 4.69) is 26.2 Å². The highest BCUT2D eigenvalue weighted by atomic mass is 16.6. The lowest BCUT2D eigenvalue weighted by atomic mass is 10.0. The molecule has 4 aliphatic rings. The minimum Gasteiger partial charge on any atom is -0.474 e. The van der Waals surface area contributed by atoms with E-state index in [1.165, 1.54) is 11.1 Å². The molecule has 8 rings (SSSR count). The van der Waals surface area contributed by atoms with E-state index in [4.69, 9.17) is 19.2 Å². The first-order valence-electron chi connectivity index (χ1n) is 20.2. The van der Waals surface area contributed by atoms with Gasteiger partial charge < -0.3 is 34.2 Å². The highest BCUT2D eigenvalue weighted by molar-refractivity contribution is 5.92. The third-order valence-corrected chi connectivity index (χ3v) is 11.2. The van der Waals surface area contributed by atoms with E-state index in [1.807, 2.05) is 99.6 Å². The molecule has 4 aromatic rings. The number of hydrogen-bond acceptors (Lipinski definition) is 11. The van der Waals surface area contributed by atoms with Crippen molar-refractivity contribution in [1.29, 1.82) is 0 Å². The van der Waals surface area contributed by atoms with Gasteiger partial charge in [-0.3, -0.25) is 14.6 Å². The lowest BCUT2D eigenvalue weighted by Gasteiger charge is -2.47. The molecule has 3 amide bonds. The minimum atomic E-state index is -0.617. The van der Waals surface area contributed by atoms with Crippen molar-refractivity contribution in [2.24, 2.45) is 0 Å². The van der Waals surface area contributed by atoms with Crippen molar-refractivity contribution in [2.75, 3.05) is 74.1 Å². The van der Waals surface area contributed by atoms with Gasteiger partial charge in [0.2, 0.25) is 11.8 Å². The number of amides is 3. The van der Waals surface area contributed by atoms with Crippen molar-refractivity contribution in [1.82, 2.24) is 24.7 Å². The van der Waals surface area contributed by atoms with Gasteiger partial charge in [-0.05, 0) is 74.6 Å². The van der Waals surface area contributed by atoms with Crippen molar-refractivity contribution in [2.45, 2.75) is 65.3 Å². The smallest absolute Gasteiger partial charge is 0.415 e. The van der Waals surface area contributed by atoms with Crippen LogP contribution in [0.5, 0.6) is 5.88 Å². The Morgan fingerprint density at radius 1 is 0.845 bits per heavy atom. The van der Waals surface area contributed by atoms with Gasteiger partial charge in [0.15, 0.2) is 0 Å². The second kappa shape index (κ2) is 16.5. The Morgan fingerprint density at radius 3 is 2.34 bits per heavy atom. The largest absolute Gasteiger partial charge is 0.474 e. The Bertz CT molecular complexity index is 2130. The molecule has 0 unspecified atom stereocenters. The molecule has 0 aliphatic carbocycles. The number of nitrogens with zero attached hydrogens (tertiary/aromatic N) is 7. The SMILES string of the molecule is Cc1c(N2CCc3cnc(Nc4ccc(CC(=O)N5CCN(C6CN(C(=O)OCc7ccccc7)C6)CC5)cc4)cc3C2)cnc2c1N(C(=O)OC(C)(C)C)CCO2. The van der Waals surface area contributed by atoms with Crippen molar-refractivity contribution in [3.8, 4) is 5.88 Å². The zero-order chi connectivity index (χ0) is 40.4. The molecule has 2 fully saturated rings. The van der Waals surface area contributed by atoms with Crippen LogP contribution in [0.1, 0.15) is 48.6 Å². The number of benzene rings is 2. The summed E-state index contributed by atoms with van der Waals surface area (Å²) in [5, 5.41) is 3.44. The average molecular weight is 789 g/mol. The predicted octanol–water partition coefficient (Wildman–Crippen LogP) is 5.93. The van der Waals surface area contributed by atoms with E-state index in [9.17, 15) is 14.4 Å². The molecule has 6 heterocycles. The van der Waals surface area contributed by atoms with E-state index in [0.29, 0.717) is 69.9 Å². The monoisotopic (exact) mass is 788 g/mol. The molecule has 0 saturated carbocycles. The first-order chi connectivity index (χ1) is 28.0. The number of piperazine rings is 1. The number of ether oxygens (including phenoxy) is 3. The van der Waals surface area contributed by atoms with Gasteiger partial charge in [-0.15, -0.1) is 0 Å². The Labute approximate surface area is 339 Å². The number of fused-ring (bicyclic) bond motifs is 2. The molecule has 2 aromatic heterocycles. The van der Waals surface area contributed by atoms with Crippen LogP contribution < -0.4 is 19.9 Å². The van der Waals surface area contributed by atoms with Crippen LogP contribution in [0, 0.1) is 6.92 Å². The number of aromatic nitrogens is 2. The van der Waals surface area contributed by atoms with E-state index in [0.717, 1.165) is 59.9 Å². The fourth-order valence-electron chi connectivity index (χ4n) is 7.98. The van der Waals surface area contributed by atoms with E-state index in [1.54, 1.807) is 9.80 Å². The van der Waals surface area contributed by atoms with Gasteiger partial charge in [-0.2, -0.15) is 0 Å². The Hall–Kier alpha value is -5.89. The van der Waals surface area contributed by atoms with Gasteiger partial charge in [-0.25, -0.2) is 19.6 Å². The van der Waals surface area contributed by atoms with Crippen LogP contribution >= 0.6 is 0 Å². The molecule has 304 valence electrons. The fourth-order valence-corrected chi connectivity index (χ4v) is 7.98. The Balaban J connectivity index is 0.814. The van der Waals surface area contributed by atoms with Gasteiger partial charge in [0.1, 0.15) is 30.3 Å². The first kappa shape index (κ1) is 39.0. The molecule has 4 aliphatic heterocycles. The second-order valence-electron chi connectivity index (χ2n) is 16.4. The standard InChI is InChI=1S/C44H52N8O6/c1-30-37(25-46-41-40(30)52(20-21-56-41)43(55)58-44(2,3)4)50-15-14-33-24-45-38(23-34(33)26-50)47-35-12-10-31(11-13-35)22-39(53)49-18-16-48(17-19-49)36-27-51(28-36)42(54)57-29-32-8-6-5-7-9-32/h5-13,23-25,36H,14-22,26-29H2,1-4H3,(H,45,47). The van der Waals surface area contributed by atoms with Gasteiger partial charge in [0, 0.05) is 75.8 Å². The minimum absolute atomic E-state index is 0.121. The number of carbonyl (C=O) groups is 3. The summed E-state index contributed by atoms with van der Waals surface area (Å²) in [4.78, 5) is 58.2. The van der Waals surface area contributed by atoms with Gasteiger partial charge in [-0.1, -0.05) is 42.5 Å². The van der Waals surface area contributed by atoms with Crippen LogP contribution in [-0.2, 0) is 40.3 Å². The first-order valence-corrected chi connectivity index (χ1v) is 20.2. The molecule has 58 heavy (non-hydrogen) atoms. The zero-order valence-corrected chi connectivity index (χ0v) is 33.8. The average Bonchev–Trinajstić information content (AvgIpc) is 3.20. The molecule has 0 spiro atoms. The van der Waals surface area contributed by atoms with Gasteiger partial charge in [0.25, 0.3) is 0 Å². The summed E-state index contributed by atoms with van der Waals surface area (Å²) >= 11 is 0. The summed E-state index contributed by atoms with van der Waals surface area (Å²) in [6.07, 6.45) is 4.27. The number of likely N-dealkylation sites (tertiary alicyclic amines) is 1. The fraction of sp³-hybridized carbons (Fsp3) is 0.432. The van der Waals surface area contributed by atoms with Crippen molar-refractivity contribution >= 4 is 41.0 Å². The van der Waals surface area contributed by atoms with Crippen LogP contribution in [0.4, 0.5) is 32.5 Å². The third-order valence-electron chi connectivity index (χ3n) is 11.2. The molecule has 0 bridgehead atoms. The van der Waals surface area contributed by atoms with Gasteiger partial charge in [0.05, 0.1) is 24.8 Å². The van der Waals surface area contributed by atoms with E-state index >= 15 is 0 Å². The lowest BCUT2D eigenvalue weighted by Crippen LogP contribution is -2.64. The lowest BCUT2D eigenvalue weighted by molar-refractivity contribution is -0.133. The predicted molar refractivity (Wildman–Crippen MR) is 221 cm³/mol. The summed E-state index contributed by atoms with van der Waals surface area (Å²) in [6, 6.07) is 20.1. The number of anilines is 4. The van der Waals surface area contributed by atoms with Gasteiger partial charge >= 0.3 is 12.2 Å². The number of nitrogens with one attached hydrogen (secondary N) is 1. The molecule has 2 aromatic carbocycles. The Morgan fingerprint density at radius 2 is 1.60 bits per heavy atom. The number of hydrogen-bond donors (Lipinski definition) is 1. The number of carbonyl (C=O) groups excluding carboxylic acids is 3. The summed E-state index contributed by atoms with van der Waals surface area (Å²) in [5.41, 5.74) is 7.10. The molecular weight excluding hydrogens is 737 g/mol. The van der Waals surface area contributed by atoms with Crippen LogP contribution in [0.3, 0.4) is 0 Å². The van der Waals surface area contributed by atoms with E-state index in [-0.39, 0.29) is 18.6 Å². The van der Waals surface area contributed by atoms with Crippen LogP contribution in [0.25, 0.3) is 0 Å². The normalized spacial score (nSPS) is 17.1. The summed E-state index contributed by atoms with van der Waals surface area (Å²) in [6.45, 7) is 14.3. The summed E-state index contributed by atoms with van der Waals surface area (Å²) in [5.74, 6) is 1.31. The number of rotatable bonds is 8. The maximum atomic E-state index is 13.3. The van der Waals surface area contributed by atoms with E-state index < -0.39 is 11.7 Å². The van der Waals surface area contributed by atoms with Crippen molar-refractivity contribution in [3.63, 3.8) is 0 Å².